The van der Waals surface area contributed by atoms with Crippen molar-refractivity contribution in [2.75, 3.05) is 19.7 Å². The van der Waals surface area contributed by atoms with Crippen molar-refractivity contribution in [1.82, 2.24) is 9.47 Å². The van der Waals surface area contributed by atoms with Crippen LogP contribution in [-0.4, -0.2) is 41.0 Å². The van der Waals surface area contributed by atoms with Crippen molar-refractivity contribution in [1.29, 1.82) is 0 Å². The Morgan fingerprint density at radius 2 is 1.96 bits per heavy atom. The van der Waals surface area contributed by atoms with Gasteiger partial charge in [0.2, 0.25) is 0 Å². The molecule has 0 spiro atoms. The molecule has 2 heterocycles. The number of carbonyl (C=O) groups excluding carboxylic acids is 2. The molecule has 1 amide bonds. The van der Waals surface area contributed by atoms with E-state index in [4.69, 9.17) is 4.74 Å². The second kappa shape index (κ2) is 6.67. The molecule has 0 N–H and O–H groups in total. The number of fused-ring (bicyclic) bond motifs is 1. The highest BCUT2D eigenvalue weighted by molar-refractivity contribution is 5.85. The molecule has 0 saturated carbocycles. The van der Waals surface area contributed by atoms with Crippen LogP contribution in [0.5, 0.6) is 0 Å². The van der Waals surface area contributed by atoms with Gasteiger partial charge in [0.25, 0.3) is 5.91 Å². The predicted octanol–water partition coefficient (Wildman–Crippen LogP) is 2.76. The minimum Gasteiger partial charge on any atom is -0.456 e. The first-order valence-corrected chi connectivity index (χ1v) is 8.42. The van der Waals surface area contributed by atoms with Gasteiger partial charge >= 0.3 is 5.97 Å². The number of ether oxygens (including phenoxy) is 1. The van der Waals surface area contributed by atoms with Gasteiger partial charge in [-0.15, -0.1) is 0 Å². The largest absolute Gasteiger partial charge is 0.456 e. The zero-order valence-electron chi connectivity index (χ0n) is 14.5. The van der Waals surface area contributed by atoms with Crippen LogP contribution in [0.3, 0.4) is 0 Å². The Balaban J connectivity index is 1.70. The molecule has 0 bridgehead atoms. The number of carbonyl (C=O) groups is 2. The highest BCUT2D eigenvalue weighted by Crippen LogP contribution is 2.34. The van der Waals surface area contributed by atoms with Crippen molar-refractivity contribution in [3.8, 4) is 0 Å². The quantitative estimate of drug-likeness (QED) is 0.814. The van der Waals surface area contributed by atoms with Crippen LogP contribution in [0.2, 0.25) is 0 Å². The average Bonchev–Trinajstić information content (AvgIpc) is 2.89. The Kier molecular flexibility index (Phi) is 4.60. The van der Waals surface area contributed by atoms with E-state index < -0.39 is 5.97 Å². The number of rotatable bonds is 3. The van der Waals surface area contributed by atoms with Gasteiger partial charge in [0.05, 0.1) is 0 Å². The number of hydrogen-bond donors (Lipinski definition) is 0. The van der Waals surface area contributed by atoms with E-state index in [1.807, 2.05) is 0 Å². The van der Waals surface area contributed by atoms with Crippen LogP contribution in [0.1, 0.15) is 36.8 Å². The van der Waals surface area contributed by atoms with Crippen molar-refractivity contribution >= 4 is 22.8 Å². The van der Waals surface area contributed by atoms with Crippen molar-refractivity contribution in [2.45, 2.75) is 32.6 Å². The Bertz CT molecular complexity index is 770. The third-order valence-corrected chi connectivity index (χ3v) is 4.86. The normalized spacial score (nSPS) is 15.7. The lowest BCUT2D eigenvalue weighted by Crippen LogP contribution is -2.40. The van der Waals surface area contributed by atoms with Gasteiger partial charge in [0.1, 0.15) is 0 Å². The van der Waals surface area contributed by atoms with Crippen molar-refractivity contribution < 1.29 is 14.3 Å². The molecule has 0 atom stereocenters. The summed E-state index contributed by atoms with van der Waals surface area (Å²) in [5, 5.41) is 1.32. The highest BCUT2D eigenvalue weighted by atomic mass is 16.5. The number of benzene rings is 1. The summed E-state index contributed by atoms with van der Waals surface area (Å²) < 4.78 is 6.99. The fourth-order valence-electron chi connectivity index (χ4n) is 3.56. The topological polar surface area (TPSA) is 51.5 Å². The number of nitrogens with zero attached hydrogens (tertiary/aromatic N) is 2. The van der Waals surface area contributed by atoms with Crippen molar-refractivity contribution in [3.05, 3.63) is 35.5 Å². The Labute approximate surface area is 142 Å². The van der Waals surface area contributed by atoms with E-state index in [1.165, 1.54) is 29.0 Å². The number of aryl methyl sites for hydroxylation is 2. The van der Waals surface area contributed by atoms with E-state index >= 15 is 0 Å². The zero-order valence-corrected chi connectivity index (χ0v) is 14.5. The van der Waals surface area contributed by atoms with Gasteiger partial charge in [-0.25, -0.2) is 0 Å². The fourth-order valence-corrected chi connectivity index (χ4v) is 3.56. The van der Waals surface area contributed by atoms with Crippen molar-refractivity contribution in [2.24, 2.45) is 7.05 Å². The Morgan fingerprint density at radius 3 is 2.62 bits per heavy atom. The number of esters is 1. The van der Waals surface area contributed by atoms with Crippen LogP contribution < -0.4 is 0 Å². The molecule has 1 aliphatic heterocycles. The zero-order chi connectivity index (χ0) is 17.3. The minimum atomic E-state index is -0.413. The van der Waals surface area contributed by atoms with E-state index in [-0.39, 0.29) is 12.5 Å². The van der Waals surface area contributed by atoms with Gasteiger partial charge in [-0.3, -0.25) is 9.59 Å². The van der Waals surface area contributed by atoms with Crippen LogP contribution in [0, 0.1) is 6.92 Å². The van der Waals surface area contributed by atoms with Gasteiger partial charge in [-0.2, -0.15) is 0 Å². The summed E-state index contributed by atoms with van der Waals surface area (Å²) in [6.45, 7) is 4.72. The van der Waals surface area contributed by atoms with Crippen LogP contribution in [0.25, 0.3) is 10.9 Å². The van der Waals surface area contributed by atoms with E-state index in [0.717, 1.165) is 12.8 Å². The molecule has 3 rings (SSSR count). The molecule has 0 radical (unpaired) electrons. The van der Waals surface area contributed by atoms with Crippen LogP contribution in [-0.2, 0) is 21.4 Å². The summed E-state index contributed by atoms with van der Waals surface area (Å²) in [4.78, 5) is 24.7. The van der Waals surface area contributed by atoms with Crippen LogP contribution >= 0.6 is 0 Å². The molecule has 1 aromatic heterocycles. The smallest absolute Gasteiger partial charge is 0.303 e. The predicted molar refractivity (Wildman–Crippen MR) is 92.8 cm³/mol. The molecule has 1 aliphatic rings. The first kappa shape index (κ1) is 16.6. The van der Waals surface area contributed by atoms with Crippen LogP contribution in [0.4, 0.5) is 0 Å². The maximum Gasteiger partial charge on any atom is 0.303 e. The third-order valence-electron chi connectivity index (χ3n) is 4.86. The SMILES string of the molecule is CC(=O)OCC(=O)N1CCC(c2cn(C)c3ccc(C)cc23)CC1. The van der Waals surface area contributed by atoms with Gasteiger partial charge in [0.15, 0.2) is 6.61 Å². The standard InChI is InChI=1S/C19H24N2O3/c1-13-4-5-18-16(10-13)17(11-20(18)3)15-6-8-21(9-7-15)19(23)12-24-14(2)22/h4-5,10-11,15H,6-9,12H2,1-3H3. The lowest BCUT2D eigenvalue weighted by atomic mass is 9.89. The first-order valence-electron chi connectivity index (χ1n) is 8.42. The molecular formula is C19H24N2O3. The number of amides is 1. The molecule has 5 nitrogen and oxygen atoms in total. The maximum atomic E-state index is 12.1. The van der Waals surface area contributed by atoms with Gasteiger partial charge < -0.3 is 14.2 Å². The van der Waals surface area contributed by atoms with Gasteiger partial charge in [0, 0.05) is 44.2 Å². The molecule has 1 fully saturated rings. The van der Waals surface area contributed by atoms with E-state index in [1.54, 1.807) is 4.90 Å². The molecular weight excluding hydrogens is 304 g/mol. The number of piperidine rings is 1. The molecule has 5 heteroatoms. The lowest BCUT2D eigenvalue weighted by Gasteiger charge is -2.31. The van der Waals surface area contributed by atoms with E-state index in [2.05, 4.69) is 42.9 Å². The second-order valence-corrected chi connectivity index (χ2v) is 6.65. The number of likely N-dealkylation sites (tertiary alicyclic amines) is 1. The third kappa shape index (κ3) is 3.30. The molecule has 1 saturated heterocycles. The molecule has 1 aromatic carbocycles. The minimum absolute atomic E-state index is 0.0996. The summed E-state index contributed by atoms with van der Waals surface area (Å²) in [6.07, 6.45) is 4.11. The number of hydrogen-bond acceptors (Lipinski definition) is 3. The summed E-state index contributed by atoms with van der Waals surface area (Å²) in [7, 11) is 2.08. The van der Waals surface area contributed by atoms with Crippen molar-refractivity contribution in [3.63, 3.8) is 0 Å². The second-order valence-electron chi connectivity index (χ2n) is 6.65. The first-order chi connectivity index (χ1) is 11.5. The van der Waals surface area contributed by atoms with E-state index in [0.29, 0.717) is 19.0 Å². The van der Waals surface area contributed by atoms with E-state index in [9.17, 15) is 9.59 Å². The number of aromatic nitrogens is 1. The summed E-state index contributed by atoms with van der Waals surface area (Å²) >= 11 is 0. The molecule has 128 valence electrons. The Morgan fingerprint density at radius 1 is 1.25 bits per heavy atom. The summed E-state index contributed by atoms with van der Waals surface area (Å²) in [5.74, 6) is -0.0462. The van der Waals surface area contributed by atoms with Gasteiger partial charge in [-0.1, -0.05) is 11.6 Å². The summed E-state index contributed by atoms with van der Waals surface area (Å²) in [6, 6.07) is 6.57. The fraction of sp³-hybridized carbons (Fsp3) is 0.474. The van der Waals surface area contributed by atoms with Crippen LogP contribution in [0.15, 0.2) is 24.4 Å². The average molecular weight is 328 g/mol. The Hall–Kier alpha value is -2.30. The van der Waals surface area contributed by atoms with Gasteiger partial charge in [-0.05, 0) is 43.4 Å². The lowest BCUT2D eigenvalue weighted by molar-refractivity contribution is -0.150. The summed E-state index contributed by atoms with van der Waals surface area (Å²) in [5.41, 5.74) is 3.90. The molecule has 0 aliphatic carbocycles. The molecule has 0 unspecified atom stereocenters. The highest BCUT2D eigenvalue weighted by Gasteiger charge is 2.26. The molecule has 24 heavy (non-hydrogen) atoms. The maximum absolute atomic E-state index is 12.1. The monoisotopic (exact) mass is 328 g/mol. The molecule has 2 aromatic rings.